The monoisotopic (exact) mass is 286 g/mol. The average Bonchev–Trinajstić information content (AvgIpc) is 2.49. The van der Waals surface area contributed by atoms with Gasteiger partial charge in [0.15, 0.2) is 0 Å². The van der Waals surface area contributed by atoms with Crippen LogP contribution in [0.2, 0.25) is 0 Å². The number of rotatable bonds is 4. The van der Waals surface area contributed by atoms with Gasteiger partial charge in [-0.3, -0.25) is 4.79 Å². The summed E-state index contributed by atoms with van der Waals surface area (Å²) in [6.45, 7) is 2.39. The number of amides is 1. The van der Waals surface area contributed by atoms with Crippen LogP contribution in [0.25, 0.3) is 0 Å². The Morgan fingerprint density at radius 3 is 2.48 bits per heavy atom. The van der Waals surface area contributed by atoms with Crippen LogP contribution in [0.4, 0.5) is 11.4 Å². The Hall–Kier alpha value is -2.69. The van der Waals surface area contributed by atoms with Crippen molar-refractivity contribution in [3.05, 3.63) is 48.0 Å². The van der Waals surface area contributed by atoms with E-state index in [0.29, 0.717) is 29.3 Å². The number of hydrogen-bond acceptors (Lipinski definition) is 4. The molecule has 0 spiro atoms. The van der Waals surface area contributed by atoms with Gasteiger partial charge in [0.2, 0.25) is 0 Å². The van der Waals surface area contributed by atoms with Crippen LogP contribution >= 0.6 is 0 Å². The van der Waals surface area contributed by atoms with Crippen LogP contribution < -0.4 is 15.4 Å². The minimum absolute atomic E-state index is 0.157. The summed E-state index contributed by atoms with van der Waals surface area (Å²) in [4.78, 5) is 13.9. The normalized spacial score (nSPS) is 10.2. The van der Waals surface area contributed by atoms with E-state index in [1.165, 1.54) is 17.0 Å². The molecule has 0 atom stereocenters. The van der Waals surface area contributed by atoms with Gasteiger partial charge in [0.1, 0.15) is 11.5 Å². The molecule has 5 heteroatoms. The molecule has 0 unspecified atom stereocenters. The molecular weight excluding hydrogens is 268 g/mol. The summed E-state index contributed by atoms with van der Waals surface area (Å²) in [6, 6.07) is 11.4. The molecule has 0 aliphatic rings. The molecule has 2 aromatic carbocycles. The van der Waals surface area contributed by atoms with Gasteiger partial charge in [-0.15, -0.1) is 0 Å². The number of phenolic OH excluding ortho intramolecular Hbond substituents is 1. The first kappa shape index (κ1) is 14.7. The van der Waals surface area contributed by atoms with Gasteiger partial charge < -0.3 is 20.5 Å². The van der Waals surface area contributed by atoms with E-state index in [-0.39, 0.29) is 11.7 Å². The van der Waals surface area contributed by atoms with Crippen molar-refractivity contribution in [3.8, 4) is 11.5 Å². The molecule has 0 aliphatic carbocycles. The maximum absolute atomic E-state index is 12.4. The Kier molecular flexibility index (Phi) is 4.33. The van der Waals surface area contributed by atoms with Crippen molar-refractivity contribution < 1.29 is 14.6 Å². The second kappa shape index (κ2) is 6.17. The summed E-state index contributed by atoms with van der Waals surface area (Å²) < 4.78 is 5.35. The smallest absolute Gasteiger partial charge is 0.258 e. The third kappa shape index (κ3) is 3.25. The van der Waals surface area contributed by atoms with Gasteiger partial charge >= 0.3 is 0 Å². The maximum atomic E-state index is 12.4. The van der Waals surface area contributed by atoms with Crippen LogP contribution in [-0.4, -0.2) is 24.7 Å². The standard InChI is InChI=1S/C16H18N2O3/c1-3-21-15-9-4-11(10-14(15)17)16(20)18(2)12-5-7-13(19)8-6-12/h4-10,19H,3,17H2,1-2H3. The number of nitrogens with two attached hydrogens (primary N) is 1. The van der Waals surface area contributed by atoms with Crippen LogP contribution in [0.1, 0.15) is 17.3 Å². The summed E-state index contributed by atoms with van der Waals surface area (Å²) in [6.07, 6.45) is 0. The molecule has 0 fully saturated rings. The van der Waals surface area contributed by atoms with Gasteiger partial charge in [-0.2, -0.15) is 0 Å². The highest BCUT2D eigenvalue weighted by Gasteiger charge is 2.15. The number of nitrogen functional groups attached to an aromatic ring is 1. The van der Waals surface area contributed by atoms with Gasteiger partial charge in [0, 0.05) is 18.3 Å². The summed E-state index contributed by atoms with van der Waals surface area (Å²) >= 11 is 0. The van der Waals surface area contributed by atoms with Crippen LogP contribution in [0.5, 0.6) is 11.5 Å². The molecule has 110 valence electrons. The zero-order valence-corrected chi connectivity index (χ0v) is 12.0. The van der Waals surface area contributed by atoms with Crippen molar-refractivity contribution in [2.24, 2.45) is 0 Å². The molecule has 0 heterocycles. The number of carbonyl (C=O) groups is 1. The molecule has 0 radical (unpaired) electrons. The third-order valence-electron chi connectivity index (χ3n) is 3.10. The Morgan fingerprint density at radius 1 is 1.24 bits per heavy atom. The first-order chi connectivity index (χ1) is 10.0. The first-order valence-electron chi connectivity index (χ1n) is 6.62. The number of phenols is 1. The molecule has 1 amide bonds. The van der Waals surface area contributed by atoms with Crippen molar-refractivity contribution in [1.82, 2.24) is 0 Å². The highest BCUT2D eigenvalue weighted by Crippen LogP contribution is 2.24. The number of ether oxygens (including phenoxy) is 1. The summed E-state index contributed by atoms with van der Waals surface area (Å²) in [5, 5.41) is 9.28. The van der Waals surface area contributed by atoms with Crippen LogP contribution in [-0.2, 0) is 0 Å². The number of carbonyl (C=O) groups excluding carboxylic acids is 1. The molecule has 0 saturated carbocycles. The third-order valence-corrected chi connectivity index (χ3v) is 3.10. The number of aromatic hydroxyl groups is 1. The lowest BCUT2D eigenvalue weighted by molar-refractivity contribution is 0.0993. The minimum atomic E-state index is -0.185. The lowest BCUT2D eigenvalue weighted by atomic mass is 10.1. The van der Waals surface area contributed by atoms with Crippen LogP contribution in [0.3, 0.4) is 0 Å². The number of hydrogen-bond donors (Lipinski definition) is 2. The van der Waals surface area contributed by atoms with E-state index in [0.717, 1.165) is 0 Å². The molecule has 0 bridgehead atoms. The fourth-order valence-electron chi connectivity index (χ4n) is 1.96. The second-order valence-corrected chi connectivity index (χ2v) is 4.57. The quantitative estimate of drug-likeness (QED) is 0.847. The van der Waals surface area contributed by atoms with E-state index < -0.39 is 0 Å². The van der Waals surface area contributed by atoms with Crippen molar-refractivity contribution in [2.75, 3.05) is 24.3 Å². The largest absolute Gasteiger partial charge is 0.508 e. The summed E-state index contributed by atoms with van der Waals surface area (Å²) in [5.74, 6) is 0.543. The van der Waals surface area contributed by atoms with Gasteiger partial charge in [-0.1, -0.05) is 0 Å². The zero-order chi connectivity index (χ0) is 15.4. The van der Waals surface area contributed by atoms with Crippen LogP contribution in [0.15, 0.2) is 42.5 Å². The number of anilines is 2. The summed E-state index contributed by atoms with van der Waals surface area (Å²) in [7, 11) is 1.67. The molecular formula is C16H18N2O3. The lowest BCUT2D eigenvalue weighted by Crippen LogP contribution is -2.26. The Morgan fingerprint density at radius 2 is 1.90 bits per heavy atom. The fraction of sp³-hybridized carbons (Fsp3) is 0.188. The molecule has 0 aromatic heterocycles. The molecule has 3 N–H and O–H groups in total. The zero-order valence-electron chi connectivity index (χ0n) is 12.0. The van der Waals surface area contributed by atoms with Gasteiger partial charge in [-0.25, -0.2) is 0 Å². The van der Waals surface area contributed by atoms with Crippen LogP contribution in [0, 0.1) is 0 Å². The highest BCUT2D eigenvalue weighted by molar-refractivity contribution is 6.06. The van der Waals surface area contributed by atoms with Gasteiger partial charge in [0.25, 0.3) is 5.91 Å². The van der Waals surface area contributed by atoms with E-state index >= 15 is 0 Å². The lowest BCUT2D eigenvalue weighted by Gasteiger charge is -2.18. The van der Waals surface area contributed by atoms with Gasteiger partial charge in [-0.05, 0) is 49.4 Å². The van der Waals surface area contributed by atoms with Crippen molar-refractivity contribution in [2.45, 2.75) is 6.92 Å². The van der Waals surface area contributed by atoms with E-state index in [1.807, 2.05) is 6.92 Å². The molecule has 2 aromatic rings. The number of nitrogens with zero attached hydrogens (tertiary/aromatic N) is 1. The van der Waals surface area contributed by atoms with Crippen molar-refractivity contribution >= 4 is 17.3 Å². The van der Waals surface area contributed by atoms with E-state index in [9.17, 15) is 9.90 Å². The van der Waals surface area contributed by atoms with E-state index in [1.54, 1.807) is 37.4 Å². The Labute approximate surface area is 123 Å². The Bertz CT molecular complexity index is 638. The molecule has 2 rings (SSSR count). The van der Waals surface area contributed by atoms with E-state index in [2.05, 4.69) is 0 Å². The van der Waals surface area contributed by atoms with Crippen molar-refractivity contribution in [3.63, 3.8) is 0 Å². The topological polar surface area (TPSA) is 75.8 Å². The predicted octanol–water partition coefficient (Wildman–Crippen LogP) is 2.65. The average molecular weight is 286 g/mol. The van der Waals surface area contributed by atoms with Crippen molar-refractivity contribution in [1.29, 1.82) is 0 Å². The number of benzene rings is 2. The summed E-state index contributed by atoms with van der Waals surface area (Å²) in [5.41, 5.74) is 7.47. The Balaban J connectivity index is 2.23. The highest BCUT2D eigenvalue weighted by atomic mass is 16.5. The SMILES string of the molecule is CCOc1ccc(C(=O)N(C)c2ccc(O)cc2)cc1N. The minimum Gasteiger partial charge on any atom is -0.508 e. The first-order valence-corrected chi connectivity index (χ1v) is 6.62. The molecule has 5 nitrogen and oxygen atoms in total. The van der Waals surface area contributed by atoms with E-state index in [4.69, 9.17) is 10.5 Å². The fourth-order valence-corrected chi connectivity index (χ4v) is 1.96. The predicted molar refractivity (Wildman–Crippen MR) is 82.9 cm³/mol. The maximum Gasteiger partial charge on any atom is 0.258 e. The molecule has 0 saturated heterocycles. The molecule has 21 heavy (non-hydrogen) atoms. The van der Waals surface area contributed by atoms with Gasteiger partial charge in [0.05, 0.1) is 12.3 Å². The second-order valence-electron chi connectivity index (χ2n) is 4.57. The molecule has 0 aliphatic heterocycles.